The van der Waals surface area contributed by atoms with Crippen LogP contribution in [-0.4, -0.2) is 28.0 Å². The van der Waals surface area contributed by atoms with Gasteiger partial charge in [-0.1, -0.05) is 18.2 Å². The van der Waals surface area contributed by atoms with Crippen LogP contribution in [0.25, 0.3) is 0 Å². The van der Waals surface area contributed by atoms with Crippen LogP contribution >= 0.6 is 12.4 Å². The van der Waals surface area contributed by atoms with Crippen molar-refractivity contribution < 1.29 is 17.9 Å². The number of aryl methyl sites for hydroxylation is 1. The summed E-state index contributed by atoms with van der Waals surface area (Å²) in [5, 5.41) is 2.69. The highest BCUT2D eigenvalue weighted by atomic mass is 35.5. The molecule has 148 valence electrons. The van der Waals surface area contributed by atoms with Gasteiger partial charge in [-0.2, -0.15) is 0 Å². The Morgan fingerprint density at radius 3 is 2.56 bits per heavy atom. The number of rotatable bonds is 8. The molecule has 0 aliphatic carbocycles. The molecule has 0 spiro atoms. The fraction of sp³-hybridized carbons (Fsp3) is 0.278. The van der Waals surface area contributed by atoms with Crippen molar-refractivity contribution in [1.82, 2.24) is 0 Å². The van der Waals surface area contributed by atoms with Gasteiger partial charge in [-0.25, -0.2) is 8.42 Å². The summed E-state index contributed by atoms with van der Waals surface area (Å²) in [5.41, 5.74) is 6.71. The lowest BCUT2D eigenvalue weighted by atomic mass is 10.2. The van der Waals surface area contributed by atoms with Crippen LogP contribution in [0.1, 0.15) is 18.4 Å². The van der Waals surface area contributed by atoms with Gasteiger partial charge in [0.25, 0.3) is 10.0 Å². The minimum Gasteiger partial charge on any atom is -0.495 e. The topological polar surface area (TPSA) is 111 Å². The standard InChI is InChI=1S/C18H23N3O4S.ClH/c1-13-9-10-14(20-18(22)8-5-11-19)12-17(13)26(23,24)21-15-6-3-4-7-16(15)25-2;/h3-4,6-7,9-10,12,21H,5,8,11,19H2,1-2H3,(H,20,22);1H. The quantitative estimate of drug-likeness (QED) is 0.616. The third-order valence-corrected chi connectivity index (χ3v) is 5.23. The molecule has 0 atom stereocenters. The first-order valence-corrected chi connectivity index (χ1v) is 9.62. The largest absolute Gasteiger partial charge is 0.495 e. The Morgan fingerprint density at radius 1 is 1.19 bits per heavy atom. The second kappa shape index (κ2) is 10.1. The van der Waals surface area contributed by atoms with E-state index in [1.807, 2.05) is 0 Å². The predicted octanol–water partition coefficient (Wildman–Crippen LogP) is 2.90. The molecule has 27 heavy (non-hydrogen) atoms. The number of hydrogen-bond donors (Lipinski definition) is 3. The highest BCUT2D eigenvalue weighted by Crippen LogP contribution is 2.28. The van der Waals surface area contributed by atoms with Crippen molar-refractivity contribution in [1.29, 1.82) is 0 Å². The molecule has 0 aromatic heterocycles. The van der Waals surface area contributed by atoms with Crippen molar-refractivity contribution in [2.24, 2.45) is 5.73 Å². The number of benzene rings is 2. The van der Waals surface area contributed by atoms with Crippen LogP contribution in [-0.2, 0) is 14.8 Å². The second-order valence-electron chi connectivity index (χ2n) is 5.73. The molecule has 0 saturated heterocycles. The smallest absolute Gasteiger partial charge is 0.262 e. The second-order valence-corrected chi connectivity index (χ2v) is 7.38. The van der Waals surface area contributed by atoms with Gasteiger partial charge in [-0.15, -0.1) is 12.4 Å². The van der Waals surface area contributed by atoms with Gasteiger partial charge in [0.05, 0.1) is 17.7 Å². The Kier molecular flexibility index (Phi) is 8.55. The zero-order chi connectivity index (χ0) is 19.2. The lowest BCUT2D eigenvalue weighted by molar-refractivity contribution is -0.116. The zero-order valence-corrected chi connectivity index (χ0v) is 16.8. The summed E-state index contributed by atoms with van der Waals surface area (Å²) >= 11 is 0. The van der Waals surface area contributed by atoms with Gasteiger partial charge < -0.3 is 15.8 Å². The minimum atomic E-state index is -3.85. The van der Waals surface area contributed by atoms with Crippen LogP contribution in [0.4, 0.5) is 11.4 Å². The number of amides is 1. The number of methoxy groups -OCH3 is 1. The van der Waals surface area contributed by atoms with Crippen molar-refractivity contribution in [2.45, 2.75) is 24.7 Å². The molecule has 1 amide bonds. The molecule has 0 radical (unpaired) electrons. The van der Waals surface area contributed by atoms with E-state index in [9.17, 15) is 13.2 Å². The fourth-order valence-corrected chi connectivity index (χ4v) is 3.72. The molecular weight excluding hydrogens is 390 g/mol. The number of hydrogen-bond acceptors (Lipinski definition) is 5. The normalized spacial score (nSPS) is 10.6. The number of sulfonamides is 1. The molecule has 0 bridgehead atoms. The van der Waals surface area contributed by atoms with E-state index in [2.05, 4.69) is 10.0 Å². The Bertz CT molecular complexity index is 888. The average Bonchev–Trinajstić information content (AvgIpc) is 2.61. The van der Waals surface area contributed by atoms with Crippen LogP contribution in [0.2, 0.25) is 0 Å². The minimum absolute atomic E-state index is 0. The number of para-hydroxylation sites is 2. The first kappa shape index (κ1) is 22.8. The molecule has 2 aromatic rings. The average molecular weight is 414 g/mol. The highest BCUT2D eigenvalue weighted by Gasteiger charge is 2.19. The number of anilines is 2. The molecule has 0 aliphatic rings. The number of nitrogens with one attached hydrogen (secondary N) is 2. The molecule has 7 nitrogen and oxygen atoms in total. The molecule has 0 saturated carbocycles. The van der Waals surface area contributed by atoms with E-state index in [0.29, 0.717) is 35.7 Å². The monoisotopic (exact) mass is 413 g/mol. The van der Waals surface area contributed by atoms with Gasteiger partial charge >= 0.3 is 0 Å². The van der Waals surface area contributed by atoms with Crippen LogP contribution < -0.4 is 20.5 Å². The van der Waals surface area contributed by atoms with E-state index < -0.39 is 10.0 Å². The van der Waals surface area contributed by atoms with E-state index in [-0.39, 0.29) is 29.6 Å². The number of halogens is 1. The number of nitrogens with two attached hydrogens (primary N) is 1. The maximum Gasteiger partial charge on any atom is 0.262 e. The summed E-state index contributed by atoms with van der Waals surface area (Å²) in [7, 11) is -2.39. The van der Waals surface area contributed by atoms with Gasteiger partial charge in [-0.05, 0) is 49.7 Å². The third-order valence-electron chi connectivity index (χ3n) is 3.72. The Hall–Kier alpha value is -2.29. The van der Waals surface area contributed by atoms with Gasteiger partial charge in [0.1, 0.15) is 5.75 Å². The first-order valence-electron chi connectivity index (χ1n) is 8.14. The summed E-state index contributed by atoms with van der Waals surface area (Å²) < 4.78 is 33.3. The molecule has 0 unspecified atom stereocenters. The van der Waals surface area contributed by atoms with Crippen LogP contribution in [0.15, 0.2) is 47.4 Å². The lowest BCUT2D eigenvalue weighted by Gasteiger charge is -2.14. The maximum atomic E-state index is 12.8. The molecule has 9 heteroatoms. The Labute approximate surface area is 165 Å². The van der Waals surface area contributed by atoms with Crippen molar-refractivity contribution in [3.8, 4) is 5.75 Å². The Morgan fingerprint density at radius 2 is 1.89 bits per heavy atom. The predicted molar refractivity (Wildman–Crippen MR) is 109 cm³/mol. The SMILES string of the molecule is COc1ccccc1NS(=O)(=O)c1cc(NC(=O)CCCN)ccc1C.Cl. The van der Waals surface area contributed by atoms with Crippen molar-refractivity contribution in [3.05, 3.63) is 48.0 Å². The van der Waals surface area contributed by atoms with Crippen LogP contribution in [0, 0.1) is 6.92 Å². The molecular formula is C18H24ClN3O4S. The van der Waals surface area contributed by atoms with E-state index in [1.54, 1.807) is 43.3 Å². The first-order chi connectivity index (χ1) is 12.4. The molecule has 4 N–H and O–H groups in total. The molecule has 0 heterocycles. The number of carbonyl (C=O) groups excluding carboxylic acids is 1. The fourth-order valence-electron chi connectivity index (χ4n) is 2.38. The highest BCUT2D eigenvalue weighted by molar-refractivity contribution is 7.92. The maximum absolute atomic E-state index is 12.8. The van der Waals surface area contributed by atoms with Crippen molar-refractivity contribution >= 4 is 39.7 Å². The van der Waals surface area contributed by atoms with Gasteiger partial charge in [0.2, 0.25) is 5.91 Å². The molecule has 2 aromatic carbocycles. The number of carbonyl (C=O) groups is 1. The van der Waals surface area contributed by atoms with E-state index in [1.165, 1.54) is 13.2 Å². The summed E-state index contributed by atoms with van der Waals surface area (Å²) in [6, 6.07) is 11.5. The lowest BCUT2D eigenvalue weighted by Crippen LogP contribution is -2.17. The van der Waals surface area contributed by atoms with Crippen molar-refractivity contribution in [2.75, 3.05) is 23.7 Å². The van der Waals surface area contributed by atoms with Crippen LogP contribution in [0.5, 0.6) is 5.75 Å². The summed E-state index contributed by atoms with van der Waals surface area (Å²) in [4.78, 5) is 11.9. The molecule has 0 aliphatic heterocycles. The van der Waals surface area contributed by atoms with Gasteiger partial charge in [0.15, 0.2) is 0 Å². The Balaban J connectivity index is 0.00000364. The van der Waals surface area contributed by atoms with E-state index in [0.717, 1.165) is 0 Å². The zero-order valence-electron chi connectivity index (χ0n) is 15.2. The third kappa shape index (κ3) is 6.13. The van der Waals surface area contributed by atoms with E-state index >= 15 is 0 Å². The summed E-state index contributed by atoms with van der Waals surface area (Å²) in [6.45, 7) is 2.11. The summed E-state index contributed by atoms with van der Waals surface area (Å²) in [6.07, 6.45) is 0.851. The van der Waals surface area contributed by atoms with Gasteiger partial charge in [-0.3, -0.25) is 9.52 Å². The van der Waals surface area contributed by atoms with Crippen molar-refractivity contribution in [3.63, 3.8) is 0 Å². The molecule has 2 rings (SSSR count). The number of ether oxygens (including phenoxy) is 1. The summed E-state index contributed by atoms with van der Waals surface area (Å²) in [5.74, 6) is 0.209. The van der Waals surface area contributed by atoms with Gasteiger partial charge in [0, 0.05) is 12.1 Å². The van der Waals surface area contributed by atoms with Crippen LogP contribution in [0.3, 0.4) is 0 Å². The molecule has 0 fully saturated rings. The van der Waals surface area contributed by atoms with E-state index in [4.69, 9.17) is 10.5 Å².